The summed E-state index contributed by atoms with van der Waals surface area (Å²) in [4.78, 5) is 0.853. The monoisotopic (exact) mass is 310 g/mol. The summed E-state index contributed by atoms with van der Waals surface area (Å²) in [6.45, 7) is 0.785. The number of hydrogen-bond acceptors (Lipinski definition) is 5. The Hall–Kier alpha value is -1.03. The summed E-state index contributed by atoms with van der Waals surface area (Å²) < 4.78 is 22.2. The highest BCUT2D eigenvalue weighted by Crippen LogP contribution is 2.24. The van der Waals surface area contributed by atoms with Crippen molar-refractivity contribution in [3.63, 3.8) is 0 Å². The van der Waals surface area contributed by atoms with Crippen molar-refractivity contribution >= 4 is 21.6 Å². The Kier molecular flexibility index (Phi) is 5.08. The summed E-state index contributed by atoms with van der Waals surface area (Å²) in [5.74, 6) is 0.612. The molecule has 1 aliphatic carbocycles. The number of thioether (sulfide) groups is 1. The Labute approximate surface area is 124 Å². The lowest BCUT2D eigenvalue weighted by Gasteiger charge is -2.07. The van der Waals surface area contributed by atoms with Crippen LogP contribution in [-0.2, 0) is 16.4 Å². The molecule has 1 fully saturated rings. The van der Waals surface area contributed by atoms with Crippen molar-refractivity contribution in [2.75, 3.05) is 17.8 Å². The molecule has 6 heteroatoms. The van der Waals surface area contributed by atoms with Crippen molar-refractivity contribution in [1.29, 1.82) is 5.26 Å². The number of nitrogens with one attached hydrogen (secondary N) is 1. The second-order valence-electron chi connectivity index (χ2n) is 5.08. The van der Waals surface area contributed by atoms with Gasteiger partial charge in [0, 0.05) is 29.5 Å². The van der Waals surface area contributed by atoms with Crippen LogP contribution in [0.25, 0.3) is 0 Å². The Morgan fingerprint density at radius 3 is 2.80 bits per heavy atom. The zero-order valence-electron chi connectivity index (χ0n) is 11.4. The molecule has 0 unspecified atom stereocenters. The Bertz CT molecular complexity index is 617. The van der Waals surface area contributed by atoms with Crippen molar-refractivity contribution in [3.8, 4) is 6.07 Å². The summed E-state index contributed by atoms with van der Waals surface area (Å²) in [5, 5.41) is 12.6. The number of benzene rings is 1. The number of nitriles is 1. The standard InChI is InChI=1S/C14H18N2O2S2/c1-20(17,18)7-6-19-14-5-2-11(8-12(14)9-15)10-16-13-3-4-13/h2,5,8,13,16H,3-4,6-7,10H2,1H3. The molecule has 1 aliphatic rings. The Morgan fingerprint density at radius 1 is 1.45 bits per heavy atom. The summed E-state index contributed by atoms with van der Waals surface area (Å²) in [6.07, 6.45) is 3.71. The van der Waals surface area contributed by atoms with Crippen LogP contribution in [0.2, 0.25) is 0 Å². The molecule has 1 aromatic rings. The minimum atomic E-state index is -2.95. The van der Waals surface area contributed by atoms with Crippen LogP contribution in [0.3, 0.4) is 0 Å². The lowest BCUT2D eigenvalue weighted by atomic mass is 10.1. The van der Waals surface area contributed by atoms with Crippen molar-refractivity contribution in [1.82, 2.24) is 5.32 Å². The molecule has 1 saturated carbocycles. The molecular formula is C14H18N2O2S2. The SMILES string of the molecule is CS(=O)(=O)CCSc1ccc(CNC2CC2)cc1C#N. The van der Waals surface area contributed by atoms with E-state index in [1.807, 2.05) is 18.2 Å². The smallest absolute Gasteiger partial charge is 0.148 e. The van der Waals surface area contributed by atoms with E-state index in [4.69, 9.17) is 0 Å². The summed E-state index contributed by atoms with van der Waals surface area (Å²) in [7, 11) is -2.95. The molecule has 0 aromatic heterocycles. The third-order valence-corrected chi connectivity index (χ3v) is 5.33. The van der Waals surface area contributed by atoms with Gasteiger partial charge in [-0.1, -0.05) is 6.07 Å². The number of rotatable bonds is 7. The molecule has 0 radical (unpaired) electrons. The van der Waals surface area contributed by atoms with Gasteiger partial charge in [0.25, 0.3) is 0 Å². The highest BCUT2D eigenvalue weighted by atomic mass is 32.2. The van der Waals surface area contributed by atoms with Crippen LogP contribution in [0.4, 0.5) is 0 Å². The predicted molar refractivity (Wildman–Crippen MR) is 81.5 cm³/mol. The maximum Gasteiger partial charge on any atom is 0.148 e. The molecule has 2 rings (SSSR count). The van der Waals surface area contributed by atoms with Gasteiger partial charge in [-0.25, -0.2) is 8.42 Å². The first-order valence-corrected chi connectivity index (χ1v) is 9.59. The average molecular weight is 310 g/mol. The quantitative estimate of drug-likeness (QED) is 0.780. The molecule has 20 heavy (non-hydrogen) atoms. The summed E-state index contributed by atoms with van der Waals surface area (Å²) in [5.41, 5.74) is 1.72. The lowest BCUT2D eigenvalue weighted by Crippen LogP contribution is -2.15. The molecule has 1 N–H and O–H groups in total. The van der Waals surface area contributed by atoms with E-state index >= 15 is 0 Å². The summed E-state index contributed by atoms with van der Waals surface area (Å²) in [6, 6.07) is 8.63. The van der Waals surface area contributed by atoms with Crippen LogP contribution in [0, 0.1) is 11.3 Å². The second-order valence-corrected chi connectivity index (χ2v) is 8.47. The van der Waals surface area contributed by atoms with Crippen LogP contribution in [0.1, 0.15) is 24.0 Å². The predicted octanol–water partition coefficient (Wildman–Crippen LogP) is 1.95. The highest BCUT2D eigenvalue weighted by Gasteiger charge is 2.20. The molecule has 0 bridgehead atoms. The van der Waals surface area contributed by atoms with Gasteiger partial charge in [-0.2, -0.15) is 5.26 Å². The minimum Gasteiger partial charge on any atom is -0.310 e. The van der Waals surface area contributed by atoms with Crippen molar-refractivity contribution < 1.29 is 8.42 Å². The fraction of sp³-hybridized carbons (Fsp3) is 0.500. The lowest BCUT2D eigenvalue weighted by molar-refractivity contribution is 0.603. The summed E-state index contributed by atoms with van der Waals surface area (Å²) >= 11 is 1.42. The van der Waals surface area contributed by atoms with Gasteiger partial charge < -0.3 is 5.32 Å². The van der Waals surface area contributed by atoms with Crippen LogP contribution in [0.15, 0.2) is 23.1 Å². The van der Waals surface area contributed by atoms with E-state index in [1.165, 1.54) is 30.9 Å². The van der Waals surface area contributed by atoms with Gasteiger partial charge in [-0.15, -0.1) is 11.8 Å². The third kappa shape index (κ3) is 5.16. The zero-order chi connectivity index (χ0) is 14.6. The molecule has 0 amide bonds. The molecule has 0 atom stereocenters. The highest BCUT2D eigenvalue weighted by molar-refractivity contribution is 8.00. The van der Waals surface area contributed by atoms with E-state index in [2.05, 4.69) is 11.4 Å². The van der Waals surface area contributed by atoms with Crippen LogP contribution >= 0.6 is 11.8 Å². The zero-order valence-corrected chi connectivity index (χ0v) is 13.1. The fourth-order valence-corrected chi connectivity index (χ4v) is 3.94. The number of hydrogen-bond donors (Lipinski definition) is 1. The van der Waals surface area contributed by atoms with E-state index in [-0.39, 0.29) is 5.75 Å². The van der Waals surface area contributed by atoms with Gasteiger partial charge >= 0.3 is 0 Å². The molecule has 1 aromatic carbocycles. The van der Waals surface area contributed by atoms with Gasteiger partial charge in [0.1, 0.15) is 15.9 Å². The fourth-order valence-electron chi connectivity index (χ4n) is 1.75. The average Bonchev–Trinajstić information content (AvgIpc) is 3.20. The minimum absolute atomic E-state index is 0.132. The van der Waals surface area contributed by atoms with Gasteiger partial charge in [-0.05, 0) is 30.5 Å². The van der Waals surface area contributed by atoms with E-state index in [0.29, 0.717) is 17.4 Å². The van der Waals surface area contributed by atoms with Crippen molar-refractivity contribution in [2.45, 2.75) is 30.3 Å². The Morgan fingerprint density at radius 2 is 2.20 bits per heavy atom. The number of sulfone groups is 1. The van der Waals surface area contributed by atoms with Gasteiger partial charge in [0.05, 0.1) is 11.3 Å². The first-order chi connectivity index (χ1) is 9.48. The van der Waals surface area contributed by atoms with Crippen molar-refractivity contribution in [3.05, 3.63) is 29.3 Å². The molecular weight excluding hydrogens is 292 g/mol. The molecule has 0 saturated heterocycles. The van der Waals surface area contributed by atoms with Crippen molar-refractivity contribution in [2.24, 2.45) is 0 Å². The molecule has 0 spiro atoms. The molecule has 108 valence electrons. The van der Waals surface area contributed by atoms with Crippen LogP contribution in [-0.4, -0.2) is 32.2 Å². The largest absolute Gasteiger partial charge is 0.310 e. The Balaban J connectivity index is 1.96. The molecule has 0 heterocycles. The molecule has 0 aliphatic heterocycles. The first kappa shape index (κ1) is 15.4. The van der Waals surface area contributed by atoms with E-state index in [0.717, 1.165) is 17.0 Å². The first-order valence-electron chi connectivity index (χ1n) is 6.55. The third-order valence-electron chi connectivity index (χ3n) is 3.05. The van der Waals surface area contributed by atoms with E-state index in [1.54, 1.807) is 0 Å². The van der Waals surface area contributed by atoms with Gasteiger partial charge in [0.15, 0.2) is 0 Å². The van der Waals surface area contributed by atoms with Gasteiger partial charge in [0.2, 0.25) is 0 Å². The second kappa shape index (κ2) is 6.61. The number of nitrogens with zero attached hydrogens (tertiary/aromatic N) is 1. The van der Waals surface area contributed by atoms with E-state index < -0.39 is 9.84 Å². The van der Waals surface area contributed by atoms with Gasteiger partial charge in [-0.3, -0.25) is 0 Å². The van der Waals surface area contributed by atoms with Crippen LogP contribution < -0.4 is 5.32 Å². The van der Waals surface area contributed by atoms with Crippen LogP contribution in [0.5, 0.6) is 0 Å². The topological polar surface area (TPSA) is 70.0 Å². The maximum atomic E-state index is 11.1. The maximum absolute atomic E-state index is 11.1. The normalized spacial score (nSPS) is 15.0. The molecule has 4 nitrogen and oxygen atoms in total. The van der Waals surface area contributed by atoms with E-state index in [9.17, 15) is 13.7 Å².